The Morgan fingerprint density at radius 2 is 0.650 bits per heavy atom. The second kappa shape index (κ2) is 17.0. The lowest BCUT2D eigenvalue weighted by molar-refractivity contribution is 1.30. The number of fused-ring (bicyclic) bond motifs is 14. The van der Waals surface area contributed by atoms with Crippen LogP contribution in [0.2, 0.25) is 0 Å². The highest BCUT2D eigenvalue weighted by atomic mass is 15.2. The average Bonchev–Trinajstić information content (AvgIpc) is 4.34. The maximum Gasteiger partial charge on any atom is 0.0641 e. The van der Waals surface area contributed by atoms with Gasteiger partial charge in [-0.1, -0.05) is 217 Å². The normalized spacial score (nSPS) is 12.1. The summed E-state index contributed by atoms with van der Waals surface area (Å²) in [5, 5.41) is 14.7. The zero-order valence-corrected chi connectivity index (χ0v) is 44.2. The van der Waals surface area contributed by atoms with Gasteiger partial charge in [0.25, 0.3) is 0 Å². The minimum atomic E-state index is 1.11. The van der Waals surface area contributed by atoms with Crippen molar-refractivity contribution in [1.29, 1.82) is 0 Å². The fourth-order valence-corrected chi connectivity index (χ4v) is 13.7. The molecular formula is C76H50N4. The Balaban J connectivity index is 0.959. The van der Waals surface area contributed by atoms with E-state index < -0.39 is 0 Å². The van der Waals surface area contributed by atoms with Crippen molar-refractivity contribution in [2.24, 2.45) is 0 Å². The van der Waals surface area contributed by atoms with Gasteiger partial charge in [0.1, 0.15) is 0 Å². The molecule has 0 saturated heterocycles. The monoisotopic (exact) mass is 1020 g/mol. The van der Waals surface area contributed by atoms with Gasteiger partial charge in [-0.3, -0.25) is 0 Å². The molecule has 17 aromatic rings. The molecule has 4 heteroatoms. The van der Waals surface area contributed by atoms with Crippen LogP contribution in [0, 0.1) is 13.8 Å². The van der Waals surface area contributed by atoms with Crippen molar-refractivity contribution in [3.63, 3.8) is 0 Å². The van der Waals surface area contributed by atoms with Gasteiger partial charge >= 0.3 is 0 Å². The molecule has 0 amide bonds. The molecule has 0 aliphatic heterocycles. The summed E-state index contributed by atoms with van der Waals surface area (Å²) in [6.07, 6.45) is 0. The second-order valence-electron chi connectivity index (χ2n) is 21.7. The van der Waals surface area contributed by atoms with Gasteiger partial charge < -0.3 is 18.6 Å². The average molecular weight is 1020 g/mol. The summed E-state index contributed by atoms with van der Waals surface area (Å²) >= 11 is 0. The van der Waals surface area contributed by atoms with E-state index in [0.29, 0.717) is 0 Å². The third-order valence-electron chi connectivity index (χ3n) is 17.2. The zero-order valence-electron chi connectivity index (χ0n) is 44.2. The summed E-state index contributed by atoms with van der Waals surface area (Å²) in [6, 6.07) is 99.5. The van der Waals surface area contributed by atoms with E-state index in [2.05, 4.69) is 299 Å². The maximum atomic E-state index is 2.57. The topological polar surface area (TPSA) is 15.3 Å². The first-order valence-corrected chi connectivity index (χ1v) is 27.8. The van der Waals surface area contributed by atoms with Gasteiger partial charge in [0.2, 0.25) is 0 Å². The Morgan fingerprint density at radius 3 is 1.07 bits per heavy atom. The van der Waals surface area contributed by atoms with Crippen LogP contribution in [-0.4, -0.2) is 8.80 Å². The Bertz CT molecular complexity index is 4970. The third-order valence-corrected chi connectivity index (χ3v) is 17.2. The summed E-state index contributed by atoms with van der Waals surface area (Å²) in [7, 11) is 0. The molecule has 4 aromatic heterocycles. The van der Waals surface area contributed by atoms with E-state index in [1.807, 2.05) is 0 Å². The number of aryl methyl sites for hydroxylation is 2. The van der Waals surface area contributed by atoms with Crippen molar-refractivity contribution in [1.82, 2.24) is 8.80 Å². The van der Waals surface area contributed by atoms with Crippen LogP contribution in [-0.2, 0) is 0 Å². The highest BCUT2D eigenvalue weighted by molar-refractivity contribution is 6.33. The van der Waals surface area contributed by atoms with E-state index in [1.54, 1.807) is 0 Å². The number of hydrogen-bond donors (Lipinski definition) is 0. The van der Waals surface area contributed by atoms with E-state index >= 15 is 0 Å². The lowest BCUT2D eigenvalue weighted by atomic mass is 9.95. The van der Waals surface area contributed by atoms with Crippen LogP contribution in [0.15, 0.2) is 267 Å². The molecule has 17 rings (SSSR count). The number of benzene rings is 13. The predicted octanol–water partition coefficient (Wildman–Crippen LogP) is 21.2. The molecule has 13 aromatic carbocycles. The van der Waals surface area contributed by atoms with Crippen LogP contribution in [0.3, 0.4) is 0 Å². The van der Waals surface area contributed by atoms with Gasteiger partial charge in [-0.15, -0.1) is 0 Å². The summed E-state index contributed by atoms with van der Waals surface area (Å²) < 4.78 is 5.13. The lowest BCUT2D eigenvalue weighted by Gasteiger charge is -2.30. The van der Waals surface area contributed by atoms with Crippen LogP contribution in [0.4, 0.5) is 34.1 Å². The number of para-hydroxylation sites is 2. The summed E-state index contributed by atoms with van der Waals surface area (Å²) in [5.41, 5.74) is 21.3. The van der Waals surface area contributed by atoms with E-state index in [1.165, 1.54) is 131 Å². The number of aromatic nitrogens is 2. The first-order chi connectivity index (χ1) is 39.6. The standard InChI is InChI=1S/C76H50N4/c1-47-29-35-53(36-30-47)77(73-55-23-11-9-21-51(55)33-39-57(73)49-17-5-3-6-18-49)67-43-41-59-63-45-70-64(46-69(63)79-65-27-15-13-25-61(65)71(67)75(59)79)60-42-44-68(72-62-26-14-16-28-66(62)80(70)76(60)72)78(54-37-31-48(2)32-38-54)74-56-24-12-10-22-52(56)34-40-58(74)50-19-7-4-8-20-50/h3-46H,1-2H3. The first kappa shape index (κ1) is 44.7. The van der Waals surface area contributed by atoms with Gasteiger partial charge in [-0.05, 0) is 96.4 Å². The van der Waals surface area contributed by atoms with Crippen molar-refractivity contribution >= 4 is 132 Å². The van der Waals surface area contributed by atoms with Crippen molar-refractivity contribution in [3.05, 3.63) is 278 Å². The van der Waals surface area contributed by atoms with Gasteiger partial charge in [0.05, 0.1) is 55.8 Å². The molecular weight excluding hydrogens is 969 g/mol. The van der Waals surface area contributed by atoms with E-state index in [0.717, 1.165) is 34.1 Å². The molecule has 4 heterocycles. The Kier molecular flexibility index (Phi) is 9.52. The van der Waals surface area contributed by atoms with E-state index in [4.69, 9.17) is 0 Å². The highest BCUT2D eigenvalue weighted by Gasteiger charge is 2.30. The van der Waals surface area contributed by atoms with Gasteiger partial charge in [-0.25, -0.2) is 0 Å². The molecule has 4 nitrogen and oxygen atoms in total. The molecule has 80 heavy (non-hydrogen) atoms. The van der Waals surface area contributed by atoms with Crippen LogP contribution in [0.5, 0.6) is 0 Å². The molecule has 0 aliphatic carbocycles. The Labute approximate surface area is 462 Å². The van der Waals surface area contributed by atoms with Crippen LogP contribution < -0.4 is 9.80 Å². The molecule has 0 unspecified atom stereocenters. The van der Waals surface area contributed by atoms with Gasteiger partial charge in [-0.2, -0.15) is 0 Å². The van der Waals surface area contributed by atoms with Crippen LogP contribution >= 0.6 is 0 Å². The van der Waals surface area contributed by atoms with E-state index in [-0.39, 0.29) is 0 Å². The molecule has 0 fully saturated rings. The smallest absolute Gasteiger partial charge is 0.0641 e. The van der Waals surface area contributed by atoms with E-state index in [9.17, 15) is 0 Å². The minimum Gasteiger partial charge on any atom is -0.309 e. The minimum absolute atomic E-state index is 1.11. The number of hydrogen-bond acceptors (Lipinski definition) is 2. The number of rotatable bonds is 8. The lowest BCUT2D eigenvalue weighted by Crippen LogP contribution is -2.12. The third kappa shape index (κ3) is 6.33. The summed E-state index contributed by atoms with van der Waals surface area (Å²) in [5.74, 6) is 0. The molecule has 0 aliphatic rings. The maximum absolute atomic E-state index is 2.57. The summed E-state index contributed by atoms with van der Waals surface area (Å²) in [4.78, 5) is 5.08. The Hall–Kier alpha value is -10.4. The fraction of sp³-hybridized carbons (Fsp3) is 0.0263. The molecule has 374 valence electrons. The van der Waals surface area contributed by atoms with Crippen LogP contribution in [0.25, 0.3) is 120 Å². The molecule has 0 saturated carbocycles. The quantitative estimate of drug-likeness (QED) is 0.151. The molecule has 0 atom stereocenters. The molecule has 0 radical (unpaired) electrons. The first-order valence-electron chi connectivity index (χ1n) is 27.8. The Morgan fingerprint density at radius 1 is 0.275 bits per heavy atom. The van der Waals surface area contributed by atoms with Crippen molar-refractivity contribution in [2.45, 2.75) is 13.8 Å². The highest BCUT2D eigenvalue weighted by Crippen LogP contribution is 2.54. The van der Waals surface area contributed by atoms with Crippen LogP contribution in [0.1, 0.15) is 11.1 Å². The zero-order chi connectivity index (χ0) is 52.7. The largest absolute Gasteiger partial charge is 0.309 e. The second-order valence-corrected chi connectivity index (χ2v) is 21.7. The van der Waals surface area contributed by atoms with Crippen molar-refractivity contribution in [3.8, 4) is 22.3 Å². The summed E-state index contributed by atoms with van der Waals surface area (Å²) in [6.45, 7) is 4.35. The molecule has 0 spiro atoms. The van der Waals surface area contributed by atoms with Crippen molar-refractivity contribution < 1.29 is 0 Å². The number of nitrogens with zero attached hydrogens (tertiary/aromatic N) is 4. The van der Waals surface area contributed by atoms with Crippen molar-refractivity contribution in [2.75, 3.05) is 9.80 Å². The number of anilines is 6. The SMILES string of the molecule is Cc1ccc(N(c2c(-c3ccccc3)ccc3ccccc23)c2ccc3c4cc5c(cc4n4c6ccccc6c2c34)c2ccc(N(c3ccc(C)cc3)c3c(-c4ccccc4)ccc4ccccc34)c3c4ccccc4n5c23)cc1. The van der Waals surface area contributed by atoms with Gasteiger partial charge in [0, 0.05) is 76.4 Å². The fourth-order valence-electron chi connectivity index (χ4n) is 13.7. The molecule has 0 bridgehead atoms. The van der Waals surface area contributed by atoms with Gasteiger partial charge in [0.15, 0.2) is 0 Å². The molecule has 0 N–H and O–H groups in total. The predicted molar refractivity (Wildman–Crippen MR) is 340 cm³/mol.